The molecule has 0 unspecified atom stereocenters. The highest BCUT2D eigenvalue weighted by Crippen LogP contribution is 2.36. The van der Waals surface area contributed by atoms with Gasteiger partial charge in [-0.2, -0.15) is 5.10 Å². The predicted molar refractivity (Wildman–Crippen MR) is 122 cm³/mol. The number of rotatable bonds is 8. The standard InChI is InChI=1S/C22H23Cl2N3O5/c1-30-19-10-15(9-18(24)20(19)32-13-14-4-6-16(23)7-5-14)11-26-27-22(29)21(28)25-12-17-3-2-8-31-17/h4-7,9-11,17H,2-3,8,12-13H2,1H3,(H,25,28)(H,27,29)/b26-11-/t17-/m1/s1. The maximum Gasteiger partial charge on any atom is 0.329 e. The van der Waals surface area contributed by atoms with Gasteiger partial charge in [0.2, 0.25) is 0 Å². The van der Waals surface area contributed by atoms with Gasteiger partial charge in [0.05, 0.1) is 24.5 Å². The van der Waals surface area contributed by atoms with Crippen molar-refractivity contribution in [1.82, 2.24) is 10.7 Å². The molecule has 8 nitrogen and oxygen atoms in total. The topological polar surface area (TPSA) is 98.2 Å². The molecule has 2 N–H and O–H groups in total. The van der Waals surface area contributed by atoms with Crippen molar-refractivity contribution < 1.29 is 23.8 Å². The highest BCUT2D eigenvalue weighted by molar-refractivity contribution is 6.35. The molecule has 0 bridgehead atoms. The lowest BCUT2D eigenvalue weighted by Crippen LogP contribution is -2.41. The Morgan fingerprint density at radius 3 is 2.69 bits per heavy atom. The third kappa shape index (κ3) is 6.85. The summed E-state index contributed by atoms with van der Waals surface area (Å²) in [5.41, 5.74) is 3.64. The van der Waals surface area contributed by atoms with E-state index in [1.807, 2.05) is 12.1 Å². The van der Waals surface area contributed by atoms with Gasteiger partial charge < -0.3 is 19.5 Å². The first-order chi connectivity index (χ1) is 15.5. The monoisotopic (exact) mass is 479 g/mol. The molecule has 0 aromatic heterocycles. The average Bonchev–Trinajstić information content (AvgIpc) is 3.31. The van der Waals surface area contributed by atoms with Crippen LogP contribution < -0.4 is 20.2 Å². The summed E-state index contributed by atoms with van der Waals surface area (Å²) in [6.07, 6.45) is 3.11. The normalized spacial score (nSPS) is 15.5. The number of benzene rings is 2. The van der Waals surface area contributed by atoms with Gasteiger partial charge in [0, 0.05) is 18.2 Å². The summed E-state index contributed by atoms with van der Waals surface area (Å²) >= 11 is 12.2. The van der Waals surface area contributed by atoms with E-state index in [-0.39, 0.29) is 12.7 Å². The molecule has 0 spiro atoms. The second-order valence-electron chi connectivity index (χ2n) is 6.99. The van der Waals surface area contributed by atoms with Gasteiger partial charge in [-0.25, -0.2) is 5.43 Å². The van der Waals surface area contributed by atoms with Crippen LogP contribution in [0.2, 0.25) is 10.0 Å². The number of methoxy groups -OCH3 is 1. The third-order valence-electron chi connectivity index (χ3n) is 4.65. The lowest BCUT2D eigenvalue weighted by molar-refractivity contribution is -0.139. The molecule has 0 radical (unpaired) electrons. The SMILES string of the molecule is COc1cc(/C=N\NC(=O)C(=O)NC[C@H]2CCCO2)cc(Cl)c1OCc1ccc(Cl)cc1. The maximum absolute atomic E-state index is 11.9. The summed E-state index contributed by atoms with van der Waals surface area (Å²) in [6.45, 7) is 1.24. The fourth-order valence-corrected chi connectivity index (χ4v) is 3.40. The Morgan fingerprint density at radius 1 is 1.22 bits per heavy atom. The first-order valence-corrected chi connectivity index (χ1v) is 10.7. The van der Waals surface area contributed by atoms with Gasteiger partial charge in [-0.3, -0.25) is 9.59 Å². The molecule has 1 atom stereocenters. The number of ether oxygens (including phenoxy) is 3. The van der Waals surface area contributed by atoms with Crippen molar-refractivity contribution >= 4 is 41.2 Å². The Balaban J connectivity index is 1.55. The Kier molecular flexibility index (Phi) is 8.72. The van der Waals surface area contributed by atoms with E-state index in [0.29, 0.717) is 40.3 Å². The van der Waals surface area contributed by atoms with E-state index in [2.05, 4.69) is 15.8 Å². The number of nitrogens with zero attached hydrogens (tertiary/aromatic N) is 1. The number of hydrazone groups is 1. The number of carbonyl (C=O) groups excluding carboxylic acids is 2. The van der Waals surface area contributed by atoms with Crippen molar-refractivity contribution in [2.45, 2.75) is 25.6 Å². The fourth-order valence-electron chi connectivity index (χ4n) is 3.00. The first-order valence-electron chi connectivity index (χ1n) is 9.94. The van der Waals surface area contributed by atoms with Crippen LogP contribution in [0.3, 0.4) is 0 Å². The molecule has 1 saturated heterocycles. The molecule has 1 aliphatic heterocycles. The van der Waals surface area contributed by atoms with E-state index in [1.165, 1.54) is 13.3 Å². The summed E-state index contributed by atoms with van der Waals surface area (Å²) in [6, 6.07) is 10.5. The molecule has 3 rings (SSSR count). The van der Waals surface area contributed by atoms with Crippen molar-refractivity contribution in [1.29, 1.82) is 0 Å². The van der Waals surface area contributed by atoms with Crippen LogP contribution in [0, 0.1) is 0 Å². The fraction of sp³-hybridized carbons (Fsp3) is 0.318. The van der Waals surface area contributed by atoms with Gasteiger partial charge in [-0.1, -0.05) is 35.3 Å². The Bertz CT molecular complexity index is 976. The zero-order valence-corrected chi connectivity index (χ0v) is 18.9. The van der Waals surface area contributed by atoms with Crippen LogP contribution in [0.1, 0.15) is 24.0 Å². The summed E-state index contributed by atoms with van der Waals surface area (Å²) in [5.74, 6) is -0.883. The zero-order valence-electron chi connectivity index (χ0n) is 17.4. The molecule has 1 aliphatic rings. The molecule has 0 aliphatic carbocycles. The van der Waals surface area contributed by atoms with E-state index in [1.54, 1.807) is 24.3 Å². The third-order valence-corrected chi connectivity index (χ3v) is 5.18. The Hall–Kier alpha value is -2.81. The Morgan fingerprint density at radius 2 is 2.00 bits per heavy atom. The minimum atomic E-state index is -0.875. The van der Waals surface area contributed by atoms with Gasteiger partial charge in [-0.05, 0) is 48.2 Å². The smallest absolute Gasteiger partial charge is 0.329 e. The molecule has 1 heterocycles. The van der Waals surface area contributed by atoms with E-state index in [9.17, 15) is 9.59 Å². The minimum absolute atomic E-state index is 0.0507. The van der Waals surface area contributed by atoms with Gasteiger partial charge >= 0.3 is 11.8 Å². The summed E-state index contributed by atoms with van der Waals surface area (Å²) in [5, 5.41) is 7.28. The highest BCUT2D eigenvalue weighted by Gasteiger charge is 2.19. The van der Waals surface area contributed by atoms with Gasteiger partial charge in [-0.15, -0.1) is 0 Å². The number of amides is 2. The maximum atomic E-state index is 11.9. The van der Waals surface area contributed by atoms with Crippen molar-refractivity contribution in [3.05, 3.63) is 57.6 Å². The van der Waals surface area contributed by atoms with E-state index >= 15 is 0 Å². The van der Waals surface area contributed by atoms with Crippen molar-refractivity contribution in [2.75, 3.05) is 20.3 Å². The van der Waals surface area contributed by atoms with E-state index < -0.39 is 11.8 Å². The van der Waals surface area contributed by atoms with Gasteiger partial charge in [0.15, 0.2) is 11.5 Å². The van der Waals surface area contributed by atoms with Crippen LogP contribution in [0.5, 0.6) is 11.5 Å². The molecule has 32 heavy (non-hydrogen) atoms. The lowest BCUT2D eigenvalue weighted by atomic mass is 10.2. The molecule has 0 saturated carbocycles. The van der Waals surface area contributed by atoms with Crippen LogP contribution in [-0.2, 0) is 20.9 Å². The van der Waals surface area contributed by atoms with Crippen LogP contribution in [0.15, 0.2) is 41.5 Å². The Labute approximate surface area is 195 Å². The van der Waals surface area contributed by atoms with Crippen LogP contribution in [-0.4, -0.2) is 44.4 Å². The van der Waals surface area contributed by atoms with Crippen LogP contribution in [0.4, 0.5) is 0 Å². The highest BCUT2D eigenvalue weighted by atomic mass is 35.5. The minimum Gasteiger partial charge on any atom is -0.493 e. The number of hydrogen-bond acceptors (Lipinski definition) is 6. The quantitative estimate of drug-likeness (QED) is 0.343. The summed E-state index contributed by atoms with van der Waals surface area (Å²) in [7, 11) is 1.49. The van der Waals surface area contributed by atoms with Crippen molar-refractivity contribution in [3.63, 3.8) is 0 Å². The molecular formula is C22H23Cl2N3O5. The van der Waals surface area contributed by atoms with Crippen LogP contribution >= 0.6 is 23.2 Å². The molecular weight excluding hydrogens is 457 g/mol. The number of halogens is 2. The summed E-state index contributed by atoms with van der Waals surface area (Å²) < 4.78 is 16.6. The molecule has 170 valence electrons. The largest absolute Gasteiger partial charge is 0.493 e. The van der Waals surface area contributed by atoms with Gasteiger partial charge in [0.25, 0.3) is 0 Å². The molecule has 10 heteroatoms. The van der Waals surface area contributed by atoms with E-state index in [4.69, 9.17) is 37.4 Å². The molecule has 2 amide bonds. The second-order valence-corrected chi connectivity index (χ2v) is 7.84. The second kappa shape index (κ2) is 11.7. The van der Waals surface area contributed by atoms with Crippen molar-refractivity contribution in [3.8, 4) is 11.5 Å². The van der Waals surface area contributed by atoms with Crippen LogP contribution in [0.25, 0.3) is 0 Å². The summed E-state index contributed by atoms with van der Waals surface area (Å²) in [4.78, 5) is 23.7. The molecule has 1 fully saturated rings. The average molecular weight is 480 g/mol. The number of nitrogens with one attached hydrogen (secondary N) is 2. The molecule has 2 aromatic rings. The first kappa shape index (κ1) is 23.8. The number of carbonyl (C=O) groups is 2. The molecule has 2 aromatic carbocycles. The van der Waals surface area contributed by atoms with Gasteiger partial charge in [0.1, 0.15) is 6.61 Å². The van der Waals surface area contributed by atoms with E-state index in [0.717, 1.165) is 18.4 Å². The lowest BCUT2D eigenvalue weighted by Gasteiger charge is -2.13. The zero-order chi connectivity index (χ0) is 22.9. The number of hydrogen-bond donors (Lipinski definition) is 2. The van der Waals surface area contributed by atoms with Crippen molar-refractivity contribution in [2.24, 2.45) is 5.10 Å². The predicted octanol–water partition coefficient (Wildman–Crippen LogP) is 3.33.